The molecule has 2 aliphatic heterocycles. The number of hydrogen-bond donors (Lipinski definition) is 1. The zero-order valence-corrected chi connectivity index (χ0v) is 13.1. The minimum atomic E-state index is 0.198. The van der Waals surface area contributed by atoms with Gasteiger partial charge in [0.05, 0.1) is 25.4 Å². The number of amidine groups is 1. The molecule has 2 atom stereocenters. The summed E-state index contributed by atoms with van der Waals surface area (Å²) in [5.74, 6) is 1.20. The van der Waals surface area contributed by atoms with Crippen molar-refractivity contribution < 1.29 is 4.74 Å². The third-order valence-electron chi connectivity index (χ3n) is 3.65. The lowest BCUT2D eigenvalue weighted by Crippen LogP contribution is -2.39. The normalized spacial score (nSPS) is 25.6. The van der Waals surface area contributed by atoms with Crippen LogP contribution < -0.4 is 5.32 Å². The van der Waals surface area contributed by atoms with Crippen LogP contribution in [0.2, 0.25) is 0 Å². The molecule has 1 aromatic carbocycles. The first kappa shape index (κ1) is 14.4. The fourth-order valence-electron chi connectivity index (χ4n) is 2.51. The number of benzene rings is 1. The molecule has 1 N–H and O–H groups in total. The van der Waals surface area contributed by atoms with Crippen LogP contribution in [0, 0.1) is 12.8 Å². The number of thioether (sulfide) groups is 1. The summed E-state index contributed by atoms with van der Waals surface area (Å²) < 4.78 is 5.08. The molecule has 3 rings (SSSR count). The van der Waals surface area contributed by atoms with Crippen LogP contribution in [0.15, 0.2) is 39.7 Å². The molecule has 0 saturated carbocycles. The first-order chi connectivity index (χ1) is 10.3. The van der Waals surface area contributed by atoms with Gasteiger partial charge >= 0.3 is 0 Å². The Kier molecular flexibility index (Phi) is 4.41. The predicted octanol–water partition coefficient (Wildman–Crippen LogP) is 2.70. The number of aryl methyl sites for hydroxylation is 1. The fraction of sp³-hybridized carbons (Fsp3) is 0.375. The monoisotopic (exact) mass is 301 g/mol. The van der Waals surface area contributed by atoms with E-state index in [9.17, 15) is 0 Å². The van der Waals surface area contributed by atoms with E-state index in [1.807, 2.05) is 0 Å². The lowest BCUT2D eigenvalue weighted by atomic mass is 9.91. The van der Waals surface area contributed by atoms with Crippen LogP contribution in [0.5, 0.6) is 0 Å². The van der Waals surface area contributed by atoms with Gasteiger partial charge in [-0.25, -0.2) is 0 Å². The second-order valence-corrected chi connectivity index (χ2v) is 6.12. The van der Waals surface area contributed by atoms with Gasteiger partial charge in [0, 0.05) is 7.11 Å². The van der Waals surface area contributed by atoms with Crippen molar-refractivity contribution in [3.8, 4) is 0 Å². The largest absolute Gasteiger partial charge is 0.383 e. The Labute approximate surface area is 129 Å². The van der Waals surface area contributed by atoms with Gasteiger partial charge in [-0.1, -0.05) is 29.8 Å². The summed E-state index contributed by atoms with van der Waals surface area (Å²) in [4.78, 5) is 9.17. The standard InChI is InChI=1S/C16H19N3OS/c1-11-3-5-12(6-4-11)13-9-21-16-14(13)15(18-10-19-16)17-7-8-20-2/h3-6,9-10,14,16H,7-8H2,1-2H3,(H,17,18,19)/t14-,16+/m1/s1. The van der Waals surface area contributed by atoms with Crippen LogP contribution in [0.1, 0.15) is 11.1 Å². The molecular weight excluding hydrogens is 282 g/mol. The van der Waals surface area contributed by atoms with Gasteiger partial charge in [-0.05, 0) is 23.5 Å². The van der Waals surface area contributed by atoms with E-state index in [-0.39, 0.29) is 11.3 Å². The summed E-state index contributed by atoms with van der Waals surface area (Å²) in [6.45, 7) is 3.41. The molecule has 0 radical (unpaired) electrons. The molecule has 0 aromatic heterocycles. The van der Waals surface area contributed by atoms with Crippen molar-refractivity contribution in [2.75, 3.05) is 20.3 Å². The summed E-state index contributed by atoms with van der Waals surface area (Å²) in [6, 6.07) is 8.65. The highest BCUT2D eigenvalue weighted by Crippen LogP contribution is 2.43. The quantitative estimate of drug-likeness (QED) is 0.870. The van der Waals surface area contributed by atoms with Crippen molar-refractivity contribution in [1.82, 2.24) is 5.32 Å². The summed E-state index contributed by atoms with van der Waals surface area (Å²) in [5, 5.41) is 5.63. The summed E-state index contributed by atoms with van der Waals surface area (Å²) in [6.07, 6.45) is 1.76. The third kappa shape index (κ3) is 3.04. The van der Waals surface area contributed by atoms with E-state index >= 15 is 0 Å². The van der Waals surface area contributed by atoms with E-state index in [1.165, 1.54) is 16.7 Å². The molecule has 0 bridgehead atoms. The van der Waals surface area contributed by atoms with E-state index in [0.29, 0.717) is 13.2 Å². The Balaban J connectivity index is 1.87. The van der Waals surface area contributed by atoms with Gasteiger partial charge in [-0.15, -0.1) is 11.8 Å². The summed E-state index contributed by atoms with van der Waals surface area (Å²) in [5.41, 5.74) is 3.82. The summed E-state index contributed by atoms with van der Waals surface area (Å²) >= 11 is 1.76. The maximum atomic E-state index is 5.08. The fourth-order valence-corrected chi connectivity index (χ4v) is 3.65. The lowest BCUT2D eigenvalue weighted by Gasteiger charge is -2.25. The molecule has 1 aromatic rings. The Hall–Kier alpha value is -1.59. The molecular formula is C16H19N3OS. The van der Waals surface area contributed by atoms with E-state index in [2.05, 4.69) is 51.9 Å². The number of methoxy groups -OCH3 is 1. The van der Waals surface area contributed by atoms with Crippen LogP contribution in [-0.2, 0) is 4.74 Å². The maximum absolute atomic E-state index is 5.08. The first-order valence-corrected chi connectivity index (χ1v) is 7.98. The van der Waals surface area contributed by atoms with Gasteiger partial charge in [-0.2, -0.15) is 0 Å². The van der Waals surface area contributed by atoms with Gasteiger partial charge in [0.25, 0.3) is 0 Å². The second kappa shape index (κ2) is 6.45. The molecule has 0 saturated heterocycles. The Morgan fingerprint density at radius 1 is 1.33 bits per heavy atom. The van der Waals surface area contributed by atoms with E-state index < -0.39 is 0 Å². The second-order valence-electron chi connectivity index (χ2n) is 5.13. The number of nitrogens with zero attached hydrogens (tertiary/aromatic N) is 2. The van der Waals surface area contributed by atoms with Crippen molar-refractivity contribution in [3.05, 3.63) is 40.8 Å². The van der Waals surface area contributed by atoms with Crippen molar-refractivity contribution >= 4 is 29.5 Å². The molecule has 2 aliphatic rings. The van der Waals surface area contributed by atoms with Crippen LogP contribution >= 0.6 is 11.8 Å². The van der Waals surface area contributed by atoms with Crippen LogP contribution in [0.25, 0.3) is 5.57 Å². The molecule has 0 spiro atoms. The molecule has 2 heterocycles. The Bertz CT molecular complexity index is 592. The van der Waals surface area contributed by atoms with Crippen molar-refractivity contribution in [2.45, 2.75) is 12.3 Å². The van der Waals surface area contributed by atoms with Gasteiger partial charge in [0.1, 0.15) is 11.2 Å². The Morgan fingerprint density at radius 2 is 2.14 bits per heavy atom. The SMILES string of the molecule is COCCN=C1NC=N[C@H]2SC=C(c3ccc(C)cc3)[C@H]12. The van der Waals surface area contributed by atoms with Gasteiger partial charge in [0.2, 0.25) is 0 Å². The zero-order valence-electron chi connectivity index (χ0n) is 12.2. The van der Waals surface area contributed by atoms with Crippen LogP contribution in [0.3, 0.4) is 0 Å². The molecule has 110 valence electrons. The van der Waals surface area contributed by atoms with Crippen molar-refractivity contribution in [2.24, 2.45) is 15.9 Å². The minimum Gasteiger partial charge on any atom is -0.383 e. The van der Waals surface area contributed by atoms with Gasteiger partial charge in [0.15, 0.2) is 0 Å². The predicted molar refractivity (Wildman–Crippen MR) is 89.8 cm³/mol. The molecule has 5 heteroatoms. The number of fused-ring (bicyclic) bond motifs is 1. The average molecular weight is 301 g/mol. The number of rotatable bonds is 4. The van der Waals surface area contributed by atoms with Crippen molar-refractivity contribution in [3.63, 3.8) is 0 Å². The smallest absolute Gasteiger partial charge is 0.115 e. The van der Waals surface area contributed by atoms with Gasteiger partial charge in [-0.3, -0.25) is 9.98 Å². The lowest BCUT2D eigenvalue weighted by molar-refractivity contribution is 0.208. The highest BCUT2D eigenvalue weighted by molar-refractivity contribution is 8.03. The zero-order chi connectivity index (χ0) is 14.7. The number of ether oxygens (including phenoxy) is 1. The first-order valence-electron chi connectivity index (χ1n) is 7.03. The summed E-state index contributed by atoms with van der Waals surface area (Å²) in [7, 11) is 1.70. The molecule has 0 fully saturated rings. The maximum Gasteiger partial charge on any atom is 0.115 e. The molecule has 0 aliphatic carbocycles. The Morgan fingerprint density at radius 3 is 2.90 bits per heavy atom. The van der Waals surface area contributed by atoms with E-state index in [1.54, 1.807) is 25.2 Å². The van der Waals surface area contributed by atoms with Gasteiger partial charge < -0.3 is 10.1 Å². The highest BCUT2D eigenvalue weighted by atomic mass is 32.2. The van der Waals surface area contributed by atoms with Crippen LogP contribution in [0.4, 0.5) is 0 Å². The van der Waals surface area contributed by atoms with Crippen LogP contribution in [-0.4, -0.2) is 37.8 Å². The minimum absolute atomic E-state index is 0.198. The third-order valence-corrected chi connectivity index (χ3v) is 4.71. The molecule has 0 unspecified atom stereocenters. The topological polar surface area (TPSA) is 46.0 Å². The molecule has 0 amide bonds. The number of hydrogen-bond acceptors (Lipinski definition) is 4. The number of aliphatic imine (C=N–C) groups is 2. The molecule has 21 heavy (non-hydrogen) atoms. The highest BCUT2D eigenvalue weighted by Gasteiger charge is 2.36. The van der Waals surface area contributed by atoms with Crippen molar-refractivity contribution in [1.29, 1.82) is 0 Å². The average Bonchev–Trinajstić information content (AvgIpc) is 2.93. The molecule has 4 nitrogen and oxygen atoms in total. The van der Waals surface area contributed by atoms with E-state index in [4.69, 9.17) is 4.74 Å². The number of nitrogens with one attached hydrogen (secondary N) is 1. The van der Waals surface area contributed by atoms with E-state index in [0.717, 1.165) is 5.84 Å².